The molecule has 0 radical (unpaired) electrons. The van der Waals surface area contributed by atoms with E-state index in [1.807, 2.05) is 47.4 Å². The molecule has 4 rings (SSSR count). The van der Waals surface area contributed by atoms with E-state index in [2.05, 4.69) is 25.9 Å². The number of benzene rings is 2. The van der Waals surface area contributed by atoms with Crippen LogP contribution in [0.2, 0.25) is 0 Å². The summed E-state index contributed by atoms with van der Waals surface area (Å²) in [5.41, 5.74) is 0.712. The first-order valence-electron chi connectivity index (χ1n) is 8.61. The minimum Gasteiger partial charge on any atom is -0.458 e. The summed E-state index contributed by atoms with van der Waals surface area (Å²) < 4.78 is 6.67. The van der Waals surface area contributed by atoms with E-state index in [-0.39, 0.29) is 12.0 Å². The number of carbonyl (C=O) groups is 1. The zero-order valence-corrected chi connectivity index (χ0v) is 15.7. The summed E-state index contributed by atoms with van der Waals surface area (Å²) >= 11 is 3.31. The predicted molar refractivity (Wildman–Crippen MR) is 103 cm³/mol. The largest absolute Gasteiger partial charge is 0.458 e. The maximum absolute atomic E-state index is 12.9. The van der Waals surface area contributed by atoms with Crippen LogP contribution in [0.25, 0.3) is 10.8 Å². The molecule has 1 aliphatic rings. The fraction of sp³-hybridized carbons (Fsp3) is 0.250. The van der Waals surface area contributed by atoms with Gasteiger partial charge in [-0.05, 0) is 51.7 Å². The van der Waals surface area contributed by atoms with Gasteiger partial charge in [0, 0.05) is 24.5 Å². The number of amides is 1. The molecule has 5 nitrogen and oxygen atoms in total. The van der Waals surface area contributed by atoms with Crippen LogP contribution in [-0.4, -0.2) is 40.0 Å². The number of halogens is 1. The van der Waals surface area contributed by atoms with Crippen LogP contribution in [0.3, 0.4) is 0 Å². The lowest BCUT2D eigenvalue weighted by Crippen LogP contribution is -2.44. The summed E-state index contributed by atoms with van der Waals surface area (Å²) in [5.74, 6) is 0.0424. The van der Waals surface area contributed by atoms with Crippen molar-refractivity contribution in [1.82, 2.24) is 14.9 Å². The molecule has 0 N–H and O–H groups in total. The van der Waals surface area contributed by atoms with Gasteiger partial charge in [0.25, 0.3) is 5.91 Å². The maximum atomic E-state index is 12.9. The monoisotopic (exact) mass is 411 g/mol. The van der Waals surface area contributed by atoms with E-state index in [0.29, 0.717) is 18.1 Å². The first kappa shape index (κ1) is 17.0. The third-order valence-electron chi connectivity index (χ3n) is 4.53. The molecule has 1 aliphatic heterocycles. The van der Waals surface area contributed by atoms with Crippen LogP contribution in [0.1, 0.15) is 23.2 Å². The Labute approximate surface area is 160 Å². The topological polar surface area (TPSA) is 55.3 Å². The Bertz CT molecular complexity index is 930. The SMILES string of the molecule is O=C(c1ccc2ccccc2c1)N1CCCC(Oc2ncc(Br)cn2)C1. The zero-order valence-electron chi connectivity index (χ0n) is 14.1. The van der Waals surface area contributed by atoms with Gasteiger partial charge >= 0.3 is 6.01 Å². The fourth-order valence-electron chi connectivity index (χ4n) is 3.23. The fourth-order valence-corrected chi connectivity index (χ4v) is 3.44. The van der Waals surface area contributed by atoms with Crippen molar-refractivity contribution in [2.75, 3.05) is 13.1 Å². The van der Waals surface area contributed by atoms with Crippen molar-refractivity contribution in [2.24, 2.45) is 0 Å². The summed E-state index contributed by atoms with van der Waals surface area (Å²) in [6.45, 7) is 1.29. The van der Waals surface area contributed by atoms with Gasteiger partial charge in [0.15, 0.2) is 0 Å². The van der Waals surface area contributed by atoms with Gasteiger partial charge in [-0.3, -0.25) is 4.79 Å². The molecule has 1 saturated heterocycles. The van der Waals surface area contributed by atoms with Crippen LogP contribution < -0.4 is 4.74 Å². The predicted octanol–water partition coefficient (Wildman–Crippen LogP) is 4.08. The number of fused-ring (bicyclic) bond motifs is 1. The molecule has 132 valence electrons. The normalized spacial score (nSPS) is 17.3. The van der Waals surface area contributed by atoms with Crippen molar-refractivity contribution in [3.05, 3.63) is 64.9 Å². The summed E-state index contributed by atoms with van der Waals surface area (Å²) in [4.78, 5) is 23.1. The minimum absolute atomic E-state index is 0.0424. The van der Waals surface area contributed by atoms with Crippen molar-refractivity contribution in [3.63, 3.8) is 0 Å². The number of likely N-dealkylation sites (tertiary alicyclic amines) is 1. The van der Waals surface area contributed by atoms with Gasteiger partial charge in [0.1, 0.15) is 6.10 Å². The first-order valence-corrected chi connectivity index (χ1v) is 9.40. The van der Waals surface area contributed by atoms with Gasteiger partial charge in [-0.25, -0.2) is 9.97 Å². The van der Waals surface area contributed by atoms with Crippen molar-refractivity contribution in [3.8, 4) is 6.01 Å². The Kier molecular flexibility index (Phi) is 4.84. The molecule has 1 atom stereocenters. The number of hydrogen-bond acceptors (Lipinski definition) is 4. The van der Waals surface area contributed by atoms with Crippen LogP contribution in [-0.2, 0) is 0 Å². The van der Waals surface area contributed by atoms with Crippen LogP contribution >= 0.6 is 15.9 Å². The van der Waals surface area contributed by atoms with E-state index in [9.17, 15) is 4.79 Å². The van der Waals surface area contributed by atoms with E-state index >= 15 is 0 Å². The third-order valence-corrected chi connectivity index (χ3v) is 4.94. The molecule has 1 unspecified atom stereocenters. The second-order valence-electron chi connectivity index (χ2n) is 6.38. The van der Waals surface area contributed by atoms with E-state index in [1.54, 1.807) is 12.4 Å². The standard InChI is InChI=1S/C20H18BrN3O2/c21-17-11-22-20(23-12-17)26-18-6-3-9-24(13-18)19(25)16-8-7-14-4-1-2-5-15(14)10-16/h1-2,4-5,7-8,10-12,18H,3,6,9,13H2. The average molecular weight is 412 g/mol. The van der Waals surface area contributed by atoms with E-state index in [4.69, 9.17) is 4.74 Å². The highest BCUT2D eigenvalue weighted by Crippen LogP contribution is 2.21. The second-order valence-corrected chi connectivity index (χ2v) is 7.29. The molecular formula is C20H18BrN3O2. The van der Waals surface area contributed by atoms with E-state index < -0.39 is 0 Å². The van der Waals surface area contributed by atoms with Gasteiger partial charge in [0.2, 0.25) is 0 Å². The Morgan fingerprint density at radius 3 is 2.69 bits per heavy atom. The number of hydrogen-bond donors (Lipinski definition) is 0. The third kappa shape index (κ3) is 3.70. The molecule has 1 fully saturated rings. The van der Waals surface area contributed by atoms with Crippen LogP contribution in [0.5, 0.6) is 6.01 Å². The lowest BCUT2D eigenvalue weighted by molar-refractivity contribution is 0.0516. The number of rotatable bonds is 3. The van der Waals surface area contributed by atoms with Crippen molar-refractivity contribution >= 4 is 32.6 Å². The van der Waals surface area contributed by atoms with Crippen molar-refractivity contribution in [1.29, 1.82) is 0 Å². The van der Waals surface area contributed by atoms with Crippen LogP contribution in [0, 0.1) is 0 Å². The quantitative estimate of drug-likeness (QED) is 0.651. The minimum atomic E-state index is -0.0886. The summed E-state index contributed by atoms with van der Waals surface area (Å²) in [5, 5.41) is 2.21. The second kappa shape index (κ2) is 7.41. The Hall–Kier alpha value is -2.47. The Morgan fingerprint density at radius 1 is 1.12 bits per heavy atom. The van der Waals surface area contributed by atoms with E-state index in [0.717, 1.165) is 34.6 Å². The van der Waals surface area contributed by atoms with Gasteiger partial charge in [-0.15, -0.1) is 0 Å². The molecule has 6 heteroatoms. The average Bonchev–Trinajstić information content (AvgIpc) is 2.69. The zero-order chi connectivity index (χ0) is 17.9. The first-order chi connectivity index (χ1) is 12.7. The number of carbonyl (C=O) groups excluding carboxylic acids is 1. The Balaban J connectivity index is 1.47. The van der Waals surface area contributed by atoms with Crippen molar-refractivity contribution < 1.29 is 9.53 Å². The lowest BCUT2D eigenvalue weighted by Gasteiger charge is -2.32. The van der Waals surface area contributed by atoms with E-state index in [1.165, 1.54) is 0 Å². The smallest absolute Gasteiger partial charge is 0.316 e. The number of nitrogens with zero attached hydrogens (tertiary/aromatic N) is 3. The van der Waals surface area contributed by atoms with Gasteiger partial charge < -0.3 is 9.64 Å². The molecule has 2 aromatic carbocycles. The van der Waals surface area contributed by atoms with Gasteiger partial charge in [-0.1, -0.05) is 30.3 Å². The molecule has 0 aliphatic carbocycles. The lowest BCUT2D eigenvalue weighted by atomic mass is 10.0. The molecule has 26 heavy (non-hydrogen) atoms. The number of ether oxygens (including phenoxy) is 1. The molecule has 1 amide bonds. The van der Waals surface area contributed by atoms with Gasteiger partial charge in [-0.2, -0.15) is 0 Å². The molecule has 2 heterocycles. The maximum Gasteiger partial charge on any atom is 0.316 e. The molecular weight excluding hydrogens is 394 g/mol. The number of aromatic nitrogens is 2. The summed E-state index contributed by atoms with van der Waals surface area (Å²) in [7, 11) is 0. The molecule has 1 aromatic heterocycles. The summed E-state index contributed by atoms with van der Waals surface area (Å²) in [6, 6.07) is 14.3. The summed E-state index contributed by atoms with van der Waals surface area (Å²) in [6.07, 6.45) is 5.02. The molecule has 0 spiro atoms. The molecule has 0 bridgehead atoms. The highest BCUT2D eigenvalue weighted by Gasteiger charge is 2.26. The van der Waals surface area contributed by atoms with Gasteiger partial charge in [0.05, 0.1) is 11.0 Å². The number of piperidine rings is 1. The molecule has 0 saturated carbocycles. The van der Waals surface area contributed by atoms with Crippen LogP contribution in [0.15, 0.2) is 59.3 Å². The molecule has 3 aromatic rings. The van der Waals surface area contributed by atoms with Crippen LogP contribution in [0.4, 0.5) is 0 Å². The van der Waals surface area contributed by atoms with Crippen molar-refractivity contribution in [2.45, 2.75) is 18.9 Å². The highest BCUT2D eigenvalue weighted by atomic mass is 79.9. The Morgan fingerprint density at radius 2 is 1.88 bits per heavy atom. The highest BCUT2D eigenvalue weighted by molar-refractivity contribution is 9.10.